The van der Waals surface area contributed by atoms with E-state index < -0.39 is 46.3 Å². The maximum atomic E-state index is 12.6. The molecule has 2 aliphatic rings. The number of nitrogens with zero attached hydrogens (tertiary/aromatic N) is 2. The van der Waals surface area contributed by atoms with E-state index in [1.54, 1.807) is 12.1 Å². The molecule has 0 bridgehead atoms. The van der Waals surface area contributed by atoms with E-state index >= 15 is 0 Å². The van der Waals surface area contributed by atoms with Gasteiger partial charge in [0.25, 0.3) is 5.91 Å². The van der Waals surface area contributed by atoms with Gasteiger partial charge in [-0.15, -0.1) is 0 Å². The second-order valence-electron chi connectivity index (χ2n) is 8.08. The van der Waals surface area contributed by atoms with E-state index in [9.17, 15) is 27.6 Å². The molecule has 0 radical (unpaired) electrons. The van der Waals surface area contributed by atoms with Crippen LogP contribution in [0, 0.1) is 0 Å². The Balaban J connectivity index is 0.00000253. The van der Waals surface area contributed by atoms with Crippen LogP contribution in [0.1, 0.15) is 13.4 Å². The quantitative estimate of drug-likeness (QED) is 0.182. The molecule has 13 nitrogen and oxygen atoms in total. The van der Waals surface area contributed by atoms with Gasteiger partial charge in [-0.1, -0.05) is 30.3 Å². The summed E-state index contributed by atoms with van der Waals surface area (Å²) in [4.78, 5) is 49.7. The van der Waals surface area contributed by atoms with Crippen LogP contribution in [0.3, 0.4) is 0 Å². The van der Waals surface area contributed by atoms with Gasteiger partial charge >= 0.3 is 52.0 Å². The number of β-lactam (4-membered cyclic amide) rings is 1. The van der Waals surface area contributed by atoms with Gasteiger partial charge in [0.1, 0.15) is 19.2 Å². The van der Waals surface area contributed by atoms with Gasteiger partial charge in [-0.3, -0.25) is 14.1 Å². The first-order valence-electron chi connectivity index (χ1n) is 10.9. The summed E-state index contributed by atoms with van der Waals surface area (Å²) in [6, 6.07) is 12.9. The molecule has 4 rings (SSSR count). The normalized spacial score (nSPS) is 18.1. The number of rotatable bonds is 7. The van der Waals surface area contributed by atoms with Gasteiger partial charge in [-0.2, -0.15) is 8.42 Å². The van der Waals surface area contributed by atoms with Crippen LogP contribution in [0.2, 0.25) is 0 Å². The third kappa shape index (κ3) is 6.78. The number of nitrogens with one attached hydrogen (secondary N) is 3. The first kappa shape index (κ1) is 28.4. The maximum absolute atomic E-state index is 12.6. The molecule has 4 N–H and O–H groups in total. The first-order valence-corrected chi connectivity index (χ1v) is 12.3. The number of carbonyl (C=O) groups excluding carboxylic acids is 4. The van der Waals surface area contributed by atoms with E-state index in [2.05, 4.69) is 16.0 Å². The number of fused-ring (bicyclic) bond motifs is 1. The number of ether oxygens (including phenoxy) is 1. The Morgan fingerprint density at radius 2 is 1.65 bits per heavy atom. The van der Waals surface area contributed by atoms with E-state index in [4.69, 9.17) is 9.29 Å². The Morgan fingerprint density at radius 3 is 2.27 bits per heavy atom. The summed E-state index contributed by atoms with van der Waals surface area (Å²) in [5.41, 5.74) is 1.60. The molecular weight excluding hydrogens is 517 g/mol. The zero-order valence-corrected chi connectivity index (χ0v) is 22.6. The van der Waals surface area contributed by atoms with Crippen LogP contribution in [0.15, 0.2) is 54.6 Å². The molecule has 2 aliphatic heterocycles. The van der Waals surface area contributed by atoms with E-state index in [1.165, 1.54) is 29.2 Å². The second kappa shape index (κ2) is 11.9. The number of urea groups is 1. The van der Waals surface area contributed by atoms with Crippen molar-refractivity contribution in [3.63, 3.8) is 0 Å². The Morgan fingerprint density at radius 1 is 1.03 bits per heavy atom. The molecule has 5 amide bonds. The maximum Gasteiger partial charge on any atom is 1.00 e. The number of benzene rings is 2. The molecule has 15 heteroatoms. The largest absolute Gasteiger partial charge is 1.00 e. The Bertz CT molecular complexity index is 1280. The van der Waals surface area contributed by atoms with Gasteiger partial charge in [0.15, 0.2) is 0 Å². The average molecular weight is 542 g/mol. The van der Waals surface area contributed by atoms with Crippen molar-refractivity contribution >= 4 is 45.6 Å². The third-order valence-electron chi connectivity index (χ3n) is 5.67. The van der Waals surface area contributed by atoms with Crippen molar-refractivity contribution in [3.05, 3.63) is 60.2 Å². The van der Waals surface area contributed by atoms with Gasteiger partial charge in [0.05, 0.1) is 6.04 Å². The minimum atomic E-state index is -4.66. The monoisotopic (exact) mass is 541 g/mol. The Hall–Kier alpha value is -3.17. The second-order valence-corrected chi connectivity index (χ2v) is 9.37. The van der Waals surface area contributed by atoms with E-state index in [1.807, 2.05) is 18.2 Å². The van der Waals surface area contributed by atoms with E-state index in [0.29, 0.717) is 15.7 Å². The van der Waals surface area contributed by atoms with Crippen molar-refractivity contribution < 1.29 is 67.9 Å². The van der Waals surface area contributed by atoms with Gasteiger partial charge in [0, 0.05) is 17.9 Å². The molecule has 192 valence electrons. The Kier molecular flexibility index (Phi) is 9.15. The summed E-state index contributed by atoms with van der Waals surface area (Å²) in [5.74, 6) is -1.34. The van der Waals surface area contributed by atoms with Crippen LogP contribution in [-0.4, -0.2) is 71.3 Å². The van der Waals surface area contributed by atoms with Gasteiger partial charge in [-0.25, -0.2) is 13.9 Å². The molecule has 2 saturated heterocycles. The fourth-order valence-corrected chi connectivity index (χ4v) is 4.91. The molecule has 37 heavy (non-hydrogen) atoms. The number of hydrogen-bond acceptors (Lipinski definition) is 7. The van der Waals surface area contributed by atoms with Crippen LogP contribution in [0.5, 0.6) is 0 Å². The van der Waals surface area contributed by atoms with Gasteiger partial charge in [-0.05, 0) is 36.2 Å². The van der Waals surface area contributed by atoms with Crippen LogP contribution >= 0.6 is 0 Å². The summed E-state index contributed by atoms with van der Waals surface area (Å²) in [6.07, 6.45) is -0.511. The predicted molar refractivity (Wildman–Crippen MR) is 127 cm³/mol. The number of alkyl carbamates (subject to hydrolysis) is 1. The number of anilines is 2. The molecule has 0 aliphatic carbocycles. The molecule has 2 heterocycles. The number of hydrogen-bond donors (Lipinski definition) is 4. The summed E-state index contributed by atoms with van der Waals surface area (Å²) < 4.78 is 37.1. The van der Waals surface area contributed by atoms with Gasteiger partial charge < -0.3 is 27.0 Å². The number of likely N-dealkylation sites (tertiary alicyclic amines) is 1. The van der Waals surface area contributed by atoms with Crippen LogP contribution < -0.4 is 45.5 Å². The Labute approximate surface area is 236 Å². The number of amides is 5. The molecule has 0 spiro atoms. The van der Waals surface area contributed by atoms with Gasteiger partial charge in [0.2, 0.25) is 5.91 Å². The minimum Gasteiger partial charge on any atom is -1.00 e. The molecule has 0 saturated carbocycles. The average Bonchev–Trinajstić information content (AvgIpc) is 3.21. The molecule has 2 fully saturated rings. The van der Waals surface area contributed by atoms with Crippen molar-refractivity contribution in [2.45, 2.75) is 25.1 Å². The van der Waals surface area contributed by atoms with Crippen molar-refractivity contribution in [1.82, 2.24) is 14.5 Å². The molecular formula is C22H24N5NaO8S. The van der Waals surface area contributed by atoms with Crippen LogP contribution in [0.4, 0.5) is 21.0 Å². The fourth-order valence-electron chi connectivity index (χ4n) is 4.01. The van der Waals surface area contributed by atoms with Crippen molar-refractivity contribution in [3.8, 4) is 0 Å². The number of carbonyl (C=O) groups is 4. The van der Waals surface area contributed by atoms with Crippen LogP contribution in [0.25, 0.3) is 0 Å². The molecule has 2 aromatic rings. The minimum absolute atomic E-state index is 0. The third-order valence-corrected chi connectivity index (χ3v) is 6.62. The zero-order chi connectivity index (χ0) is 25.9. The molecule has 2 aromatic carbocycles. The summed E-state index contributed by atoms with van der Waals surface area (Å²) in [6.45, 7) is -0.0840. The summed E-state index contributed by atoms with van der Waals surface area (Å²) in [7, 11) is -4.66. The van der Waals surface area contributed by atoms with Crippen molar-refractivity contribution in [1.29, 1.82) is 0 Å². The van der Waals surface area contributed by atoms with Crippen molar-refractivity contribution in [2.24, 2.45) is 0 Å². The molecule has 0 unspecified atom stereocenters. The molecule has 0 aromatic heterocycles. The predicted octanol–water partition coefficient (Wildman–Crippen LogP) is -1.71. The molecule has 2 atom stereocenters. The topological polar surface area (TPSA) is 174 Å². The summed E-state index contributed by atoms with van der Waals surface area (Å²) in [5, 5.41) is 7.55. The van der Waals surface area contributed by atoms with E-state index in [-0.39, 0.29) is 57.1 Å². The van der Waals surface area contributed by atoms with E-state index in [0.717, 1.165) is 5.56 Å². The van der Waals surface area contributed by atoms with Crippen molar-refractivity contribution in [2.75, 3.05) is 23.7 Å². The SMILES string of the molecule is O=C(CNC(=O)OCc1ccccc1)Nc1ccc(NC(=O)N2CC[C@@H]3[C@H]2C(=O)N3S(=O)(=O)O)cc1.[H-].[Na+]. The fraction of sp³-hybridized carbons (Fsp3) is 0.273. The summed E-state index contributed by atoms with van der Waals surface area (Å²) >= 11 is 0. The standard InChI is InChI=1S/C22H23N5O8S.Na.H/c28-18(12-23-22(31)35-13-14-4-2-1-3-5-14)24-15-6-8-16(9-7-15)25-21(30)26-11-10-17-19(26)20(29)27(17)36(32,33)34;;/h1-9,17,19H,10-13H2,(H,23,31)(H,24,28)(H,25,30)(H,32,33,34);;/q;+1;-1/t17-,19+;;/m1../s1. The smallest absolute Gasteiger partial charge is 1.00 e. The zero-order valence-electron chi connectivity index (χ0n) is 20.8. The first-order chi connectivity index (χ1) is 17.1. The van der Waals surface area contributed by atoms with Crippen LogP contribution in [-0.2, 0) is 31.2 Å².